The van der Waals surface area contributed by atoms with Gasteiger partial charge in [0.05, 0.1) is 36.1 Å². The Bertz CT molecular complexity index is 2090. The molecule has 12 heteroatoms. The zero-order valence-corrected chi connectivity index (χ0v) is 33.4. The van der Waals surface area contributed by atoms with E-state index in [0.29, 0.717) is 10.3 Å². The Hall–Kier alpha value is -4.62. The quantitative estimate of drug-likeness (QED) is 0.128. The average molecular weight is 791 g/mol. The fourth-order valence-electron chi connectivity index (χ4n) is 6.62. The number of anilines is 2. The van der Waals surface area contributed by atoms with Crippen molar-refractivity contribution in [2.24, 2.45) is 0 Å². The Morgan fingerprint density at radius 1 is 0.556 bits per heavy atom. The zero-order valence-electron chi connectivity index (χ0n) is 30.2. The number of methoxy groups -OCH3 is 2. The maximum atomic E-state index is 13.3. The number of hydrogen-bond acceptors (Lipinski definition) is 10. The van der Waals surface area contributed by atoms with E-state index in [1.54, 1.807) is 37.7 Å². The average Bonchev–Trinajstić information content (AvgIpc) is 4.01. The van der Waals surface area contributed by atoms with Crippen LogP contribution in [-0.4, -0.2) is 46.5 Å². The minimum atomic E-state index is -0.144. The van der Waals surface area contributed by atoms with E-state index < -0.39 is 0 Å². The summed E-state index contributed by atoms with van der Waals surface area (Å²) in [5.41, 5.74) is 8.39. The first-order valence-electron chi connectivity index (χ1n) is 17.6. The summed E-state index contributed by atoms with van der Waals surface area (Å²) in [5.74, 6) is 1.73. The Morgan fingerprint density at radius 2 is 0.926 bits per heavy atom. The van der Waals surface area contributed by atoms with Gasteiger partial charge < -0.3 is 9.47 Å². The summed E-state index contributed by atoms with van der Waals surface area (Å²) < 4.78 is 10.7. The van der Waals surface area contributed by atoms with Gasteiger partial charge in [-0.3, -0.25) is 19.4 Å². The number of aromatic nitrogens is 2. The molecule has 2 aromatic heterocycles. The van der Waals surface area contributed by atoms with Crippen LogP contribution in [0, 0.1) is 0 Å². The number of rotatable bonds is 11. The standard InChI is InChI=1S/C42H38N4O4S4/c1-25-37(47)45(39(53-25)31-15-19-33(49-3)20-16-31)41-43-35(23-51-41)29-11-7-27(8-12-29)5-6-28-9-13-30(14-10-28)36-24-52-42(44-36)46-38(48)26(2)54-40(46)32-17-21-34(50-4)22-18-32/h7-26,39-40H,5-6H2,1-4H3/t25-,26-,39-,40-/m1/s1. The first-order chi connectivity index (χ1) is 26.3. The third kappa shape index (κ3) is 7.27. The minimum absolute atomic E-state index is 0.0766. The molecule has 6 aromatic rings. The molecule has 0 saturated carbocycles. The molecule has 0 radical (unpaired) electrons. The highest BCUT2D eigenvalue weighted by Gasteiger charge is 2.42. The molecule has 0 spiro atoms. The van der Waals surface area contributed by atoms with Crippen LogP contribution in [0.1, 0.15) is 46.8 Å². The summed E-state index contributed by atoms with van der Waals surface area (Å²) in [7, 11) is 3.30. The molecule has 2 amide bonds. The highest BCUT2D eigenvalue weighted by molar-refractivity contribution is 8.01. The SMILES string of the molecule is COc1ccc([C@H]2S[C@H](C)C(=O)N2c2nc(-c3ccc(CCc4ccc(-c5csc(N6C(=O)[C@@H](C)S[C@@H]6c6ccc(OC)cc6)n5)cc4)cc3)cs2)cc1. The lowest BCUT2D eigenvalue weighted by Gasteiger charge is -2.21. The number of carbonyl (C=O) groups is 2. The lowest BCUT2D eigenvalue weighted by Crippen LogP contribution is -2.30. The number of benzene rings is 4. The van der Waals surface area contributed by atoms with E-state index in [1.165, 1.54) is 33.8 Å². The molecule has 2 aliphatic heterocycles. The summed E-state index contributed by atoms with van der Waals surface area (Å²) in [6, 6.07) is 32.9. The van der Waals surface area contributed by atoms with Crippen LogP contribution in [0.2, 0.25) is 0 Å². The number of nitrogens with zero attached hydrogens (tertiary/aromatic N) is 4. The van der Waals surface area contributed by atoms with Crippen molar-refractivity contribution in [3.63, 3.8) is 0 Å². The van der Waals surface area contributed by atoms with Crippen LogP contribution in [0.3, 0.4) is 0 Å². The fraction of sp³-hybridized carbons (Fsp3) is 0.238. The molecule has 2 fully saturated rings. The van der Waals surface area contributed by atoms with Gasteiger partial charge in [-0.25, -0.2) is 9.97 Å². The summed E-state index contributed by atoms with van der Waals surface area (Å²) in [6.45, 7) is 3.92. The van der Waals surface area contributed by atoms with Gasteiger partial charge in [-0.05, 0) is 73.2 Å². The zero-order chi connectivity index (χ0) is 37.3. The predicted molar refractivity (Wildman–Crippen MR) is 223 cm³/mol. The highest BCUT2D eigenvalue weighted by Crippen LogP contribution is 2.48. The Labute approximate surface area is 331 Å². The van der Waals surface area contributed by atoms with Crippen LogP contribution in [0.15, 0.2) is 108 Å². The van der Waals surface area contributed by atoms with Gasteiger partial charge in [-0.2, -0.15) is 0 Å². The number of aryl methyl sites for hydroxylation is 2. The molecule has 0 unspecified atom stereocenters. The van der Waals surface area contributed by atoms with Crippen molar-refractivity contribution in [1.82, 2.24) is 9.97 Å². The van der Waals surface area contributed by atoms with E-state index in [0.717, 1.165) is 58.0 Å². The van der Waals surface area contributed by atoms with Gasteiger partial charge in [0.1, 0.15) is 22.2 Å². The highest BCUT2D eigenvalue weighted by atomic mass is 32.2. The minimum Gasteiger partial charge on any atom is -0.497 e. The largest absolute Gasteiger partial charge is 0.497 e. The topological polar surface area (TPSA) is 84.9 Å². The van der Waals surface area contributed by atoms with E-state index in [4.69, 9.17) is 19.4 Å². The van der Waals surface area contributed by atoms with Crippen molar-refractivity contribution in [3.8, 4) is 34.0 Å². The molecular weight excluding hydrogens is 753 g/mol. The smallest absolute Gasteiger partial charge is 0.242 e. The predicted octanol–water partition coefficient (Wildman–Crippen LogP) is 10.1. The number of thiazole rings is 2. The second-order valence-corrected chi connectivity index (χ2v) is 17.7. The number of ether oxygens (including phenoxy) is 2. The van der Waals surface area contributed by atoms with Crippen LogP contribution < -0.4 is 19.3 Å². The third-order valence-corrected chi connectivity index (χ3v) is 14.1. The molecule has 8 nitrogen and oxygen atoms in total. The molecule has 274 valence electrons. The first kappa shape index (κ1) is 36.4. The van der Waals surface area contributed by atoms with Crippen LogP contribution in [0.25, 0.3) is 22.5 Å². The van der Waals surface area contributed by atoms with Crippen molar-refractivity contribution < 1.29 is 19.1 Å². The molecule has 8 rings (SSSR count). The van der Waals surface area contributed by atoms with Gasteiger partial charge in [-0.1, -0.05) is 72.8 Å². The van der Waals surface area contributed by atoms with Gasteiger partial charge in [-0.15, -0.1) is 46.2 Å². The van der Waals surface area contributed by atoms with E-state index in [-0.39, 0.29) is 33.1 Å². The van der Waals surface area contributed by atoms with Crippen molar-refractivity contribution in [3.05, 3.63) is 130 Å². The van der Waals surface area contributed by atoms with E-state index in [9.17, 15) is 9.59 Å². The lowest BCUT2D eigenvalue weighted by atomic mass is 10.0. The van der Waals surface area contributed by atoms with Crippen molar-refractivity contribution >= 4 is 68.3 Å². The molecule has 0 N–H and O–H groups in total. The second-order valence-electron chi connectivity index (χ2n) is 13.1. The van der Waals surface area contributed by atoms with Crippen LogP contribution in [-0.2, 0) is 22.4 Å². The first-order valence-corrected chi connectivity index (χ1v) is 21.3. The Balaban J connectivity index is 0.899. The number of amides is 2. The summed E-state index contributed by atoms with van der Waals surface area (Å²) in [5, 5.41) is 4.94. The van der Waals surface area contributed by atoms with Crippen LogP contribution >= 0.6 is 46.2 Å². The molecule has 4 aromatic carbocycles. The van der Waals surface area contributed by atoms with Gasteiger partial charge in [0.25, 0.3) is 0 Å². The Kier molecular flexibility index (Phi) is 10.5. The molecule has 0 bridgehead atoms. The van der Waals surface area contributed by atoms with Gasteiger partial charge in [0.2, 0.25) is 11.8 Å². The van der Waals surface area contributed by atoms with Gasteiger partial charge in [0, 0.05) is 21.9 Å². The van der Waals surface area contributed by atoms with Crippen molar-refractivity contribution in [2.75, 3.05) is 24.0 Å². The van der Waals surface area contributed by atoms with Crippen LogP contribution in [0.5, 0.6) is 11.5 Å². The molecular formula is C42H38N4O4S4. The normalized spacial score (nSPS) is 19.9. The van der Waals surface area contributed by atoms with Crippen molar-refractivity contribution in [1.29, 1.82) is 0 Å². The number of carbonyl (C=O) groups excluding carboxylic acids is 2. The molecule has 2 saturated heterocycles. The van der Waals surface area contributed by atoms with Crippen LogP contribution in [0.4, 0.5) is 10.3 Å². The molecule has 0 aliphatic carbocycles. The van der Waals surface area contributed by atoms with Gasteiger partial charge >= 0.3 is 0 Å². The fourth-order valence-corrected chi connectivity index (χ4v) is 11.0. The molecule has 4 atom stereocenters. The summed E-state index contributed by atoms with van der Waals surface area (Å²) in [4.78, 5) is 40.0. The third-order valence-electron chi connectivity index (χ3n) is 9.71. The molecule has 4 heterocycles. The van der Waals surface area contributed by atoms with Crippen molar-refractivity contribution in [2.45, 2.75) is 47.9 Å². The van der Waals surface area contributed by atoms with E-state index in [1.807, 2.05) is 82.9 Å². The van der Waals surface area contributed by atoms with E-state index >= 15 is 0 Å². The molecule has 2 aliphatic rings. The summed E-state index contributed by atoms with van der Waals surface area (Å²) >= 11 is 6.29. The maximum Gasteiger partial charge on any atom is 0.242 e. The monoisotopic (exact) mass is 790 g/mol. The lowest BCUT2D eigenvalue weighted by molar-refractivity contribution is -0.118. The Morgan fingerprint density at radius 3 is 1.28 bits per heavy atom. The van der Waals surface area contributed by atoms with Gasteiger partial charge in [0.15, 0.2) is 10.3 Å². The summed E-state index contributed by atoms with van der Waals surface area (Å²) in [6.07, 6.45) is 1.81. The second kappa shape index (κ2) is 15.6. The maximum absolute atomic E-state index is 13.3. The van der Waals surface area contributed by atoms with E-state index in [2.05, 4.69) is 48.5 Å². The number of hydrogen-bond donors (Lipinski definition) is 0. The molecule has 54 heavy (non-hydrogen) atoms. The number of thioether (sulfide) groups is 2.